The van der Waals surface area contributed by atoms with Crippen molar-refractivity contribution in [2.75, 3.05) is 26.7 Å². The first kappa shape index (κ1) is 17.6. The van der Waals surface area contributed by atoms with Crippen LogP contribution >= 0.6 is 0 Å². The Labute approximate surface area is 149 Å². The number of hydrogen-bond donors (Lipinski definition) is 2. The zero-order valence-corrected chi connectivity index (χ0v) is 14.7. The number of piperidine rings is 1. The van der Waals surface area contributed by atoms with E-state index in [-0.39, 0.29) is 5.91 Å². The number of amides is 1. The highest BCUT2D eigenvalue weighted by Crippen LogP contribution is 2.30. The first-order valence-corrected chi connectivity index (χ1v) is 8.91. The Morgan fingerprint density at radius 2 is 1.52 bits per heavy atom. The predicted molar refractivity (Wildman–Crippen MR) is 99.1 cm³/mol. The van der Waals surface area contributed by atoms with E-state index in [1.54, 1.807) is 24.3 Å². The second kappa shape index (κ2) is 7.81. The summed E-state index contributed by atoms with van der Waals surface area (Å²) in [5.41, 5.74) is -0.502. The Morgan fingerprint density at radius 3 is 2.00 bits per heavy atom. The molecule has 4 heteroatoms. The summed E-state index contributed by atoms with van der Waals surface area (Å²) in [6.45, 7) is 2.72. The maximum Gasteiger partial charge on any atom is 0.261 e. The number of carbonyl (C=O) groups excluding carboxylic acids is 1. The molecule has 0 atom stereocenters. The fraction of sp³-hybridized carbons (Fsp3) is 0.381. The summed E-state index contributed by atoms with van der Waals surface area (Å²) < 4.78 is 0. The van der Waals surface area contributed by atoms with Gasteiger partial charge in [-0.05, 0) is 50.0 Å². The van der Waals surface area contributed by atoms with Crippen LogP contribution < -0.4 is 5.32 Å². The van der Waals surface area contributed by atoms with Crippen molar-refractivity contribution in [1.82, 2.24) is 10.2 Å². The van der Waals surface area contributed by atoms with Crippen molar-refractivity contribution in [1.29, 1.82) is 0 Å². The van der Waals surface area contributed by atoms with Gasteiger partial charge in [0.25, 0.3) is 5.91 Å². The van der Waals surface area contributed by atoms with E-state index in [1.807, 2.05) is 36.4 Å². The van der Waals surface area contributed by atoms with Crippen LogP contribution in [-0.2, 0) is 10.4 Å². The van der Waals surface area contributed by atoms with Gasteiger partial charge < -0.3 is 15.3 Å². The van der Waals surface area contributed by atoms with Crippen LogP contribution in [0.4, 0.5) is 0 Å². The molecule has 0 unspecified atom stereocenters. The lowest BCUT2D eigenvalue weighted by molar-refractivity contribution is -0.137. The summed E-state index contributed by atoms with van der Waals surface area (Å²) in [6.07, 6.45) is 2.15. The summed E-state index contributed by atoms with van der Waals surface area (Å²) in [5, 5.41) is 14.4. The van der Waals surface area contributed by atoms with Crippen LogP contribution in [0, 0.1) is 5.92 Å². The minimum Gasteiger partial charge on any atom is -0.372 e. The molecular formula is C21H26N2O2. The molecule has 2 N–H and O–H groups in total. The molecule has 132 valence electrons. The van der Waals surface area contributed by atoms with E-state index in [4.69, 9.17) is 0 Å². The van der Waals surface area contributed by atoms with Crippen LogP contribution in [-0.4, -0.2) is 42.6 Å². The highest BCUT2D eigenvalue weighted by atomic mass is 16.3. The Balaban J connectivity index is 1.79. The fourth-order valence-electron chi connectivity index (χ4n) is 3.42. The van der Waals surface area contributed by atoms with Crippen molar-refractivity contribution in [2.45, 2.75) is 18.4 Å². The van der Waals surface area contributed by atoms with Crippen molar-refractivity contribution in [3.05, 3.63) is 71.8 Å². The molecule has 1 heterocycles. The standard InChI is InChI=1S/C21H26N2O2/c1-23-14-12-17(13-15-23)16-22-20(24)21(25,18-8-4-2-5-9-18)19-10-6-3-7-11-19/h2-11,17,25H,12-16H2,1H3,(H,22,24). The first-order chi connectivity index (χ1) is 12.1. The molecule has 1 saturated heterocycles. The molecular weight excluding hydrogens is 312 g/mol. The van der Waals surface area contributed by atoms with Gasteiger partial charge in [0.1, 0.15) is 0 Å². The number of aliphatic hydroxyl groups is 1. The van der Waals surface area contributed by atoms with Crippen molar-refractivity contribution in [3.8, 4) is 0 Å². The van der Waals surface area contributed by atoms with Crippen molar-refractivity contribution in [3.63, 3.8) is 0 Å². The third-order valence-corrected chi connectivity index (χ3v) is 5.10. The number of hydrogen-bond acceptors (Lipinski definition) is 3. The topological polar surface area (TPSA) is 52.6 Å². The SMILES string of the molecule is CN1CCC(CNC(=O)C(O)(c2ccccc2)c2ccccc2)CC1. The quantitative estimate of drug-likeness (QED) is 0.880. The molecule has 2 aromatic carbocycles. The second-order valence-corrected chi connectivity index (χ2v) is 6.90. The lowest BCUT2D eigenvalue weighted by Crippen LogP contribution is -2.47. The van der Waals surface area contributed by atoms with Gasteiger partial charge in [-0.1, -0.05) is 60.7 Å². The number of benzene rings is 2. The predicted octanol–water partition coefficient (Wildman–Crippen LogP) is 2.38. The van der Waals surface area contributed by atoms with E-state index in [2.05, 4.69) is 17.3 Å². The summed E-state index contributed by atoms with van der Waals surface area (Å²) in [7, 11) is 2.12. The Kier molecular flexibility index (Phi) is 5.51. The molecule has 25 heavy (non-hydrogen) atoms. The summed E-state index contributed by atoms with van der Waals surface area (Å²) in [6, 6.07) is 18.3. The van der Waals surface area contributed by atoms with Gasteiger partial charge in [0.15, 0.2) is 5.60 Å². The summed E-state index contributed by atoms with van der Waals surface area (Å²) >= 11 is 0. The molecule has 0 aromatic heterocycles. The smallest absolute Gasteiger partial charge is 0.261 e. The molecule has 1 aliphatic rings. The van der Waals surface area contributed by atoms with Crippen molar-refractivity contribution >= 4 is 5.91 Å². The van der Waals surface area contributed by atoms with Crippen molar-refractivity contribution in [2.24, 2.45) is 5.92 Å². The van der Waals surface area contributed by atoms with E-state index in [0.29, 0.717) is 23.6 Å². The van der Waals surface area contributed by atoms with Crippen LogP contribution in [0.3, 0.4) is 0 Å². The van der Waals surface area contributed by atoms with Crippen LogP contribution in [0.15, 0.2) is 60.7 Å². The van der Waals surface area contributed by atoms with E-state index >= 15 is 0 Å². The van der Waals surface area contributed by atoms with Gasteiger partial charge >= 0.3 is 0 Å². The molecule has 1 fully saturated rings. The van der Waals surface area contributed by atoms with E-state index in [9.17, 15) is 9.90 Å². The minimum atomic E-state index is -1.67. The number of likely N-dealkylation sites (tertiary alicyclic amines) is 1. The molecule has 2 aromatic rings. The average molecular weight is 338 g/mol. The Morgan fingerprint density at radius 1 is 1.04 bits per heavy atom. The van der Waals surface area contributed by atoms with Gasteiger partial charge in [-0.3, -0.25) is 4.79 Å². The molecule has 0 saturated carbocycles. The average Bonchev–Trinajstić information content (AvgIpc) is 2.68. The number of nitrogens with zero attached hydrogens (tertiary/aromatic N) is 1. The Hall–Kier alpha value is -2.17. The number of nitrogens with one attached hydrogen (secondary N) is 1. The van der Waals surface area contributed by atoms with Gasteiger partial charge in [0.05, 0.1) is 0 Å². The maximum absolute atomic E-state index is 13.0. The van der Waals surface area contributed by atoms with E-state index in [0.717, 1.165) is 25.9 Å². The molecule has 1 amide bonds. The molecule has 4 nitrogen and oxygen atoms in total. The fourth-order valence-corrected chi connectivity index (χ4v) is 3.42. The van der Waals surface area contributed by atoms with Gasteiger partial charge in [0.2, 0.25) is 0 Å². The lowest BCUT2D eigenvalue weighted by atomic mass is 9.85. The summed E-state index contributed by atoms with van der Waals surface area (Å²) in [4.78, 5) is 15.3. The van der Waals surface area contributed by atoms with Crippen molar-refractivity contribution < 1.29 is 9.90 Å². The molecule has 1 aliphatic heterocycles. The molecule has 0 bridgehead atoms. The zero-order chi connectivity index (χ0) is 17.7. The molecule has 0 radical (unpaired) electrons. The highest BCUT2D eigenvalue weighted by molar-refractivity contribution is 5.90. The van der Waals surface area contributed by atoms with E-state index in [1.165, 1.54) is 0 Å². The maximum atomic E-state index is 13.0. The van der Waals surface area contributed by atoms with Crippen LogP contribution in [0.25, 0.3) is 0 Å². The minimum absolute atomic E-state index is 0.358. The van der Waals surface area contributed by atoms with Gasteiger partial charge in [-0.25, -0.2) is 0 Å². The number of carbonyl (C=O) groups is 1. The van der Waals surface area contributed by atoms with Gasteiger partial charge in [-0.15, -0.1) is 0 Å². The second-order valence-electron chi connectivity index (χ2n) is 6.90. The lowest BCUT2D eigenvalue weighted by Gasteiger charge is -2.31. The van der Waals surface area contributed by atoms with Crippen LogP contribution in [0.5, 0.6) is 0 Å². The summed E-state index contributed by atoms with van der Waals surface area (Å²) in [5.74, 6) is 0.111. The molecule has 0 aliphatic carbocycles. The van der Waals surface area contributed by atoms with Gasteiger partial charge in [-0.2, -0.15) is 0 Å². The van der Waals surface area contributed by atoms with Crippen LogP contribution in [0.2, 0.25) is 0 Å². The third kappa shape index (κ3) is 3.91. The number of rotatable bonds is 5. The molecule has 0 spiro atoms. The largest absolute Gasteiger partial charge is 0.372 e. The van der Waals surface area contributed by atoms with Crippen LogP contribution in [0.1, 0.15) is 24.0 Å². The molecule has 3 rings (SSSR count). The zero-order valence-electron chi connectivity index (χ0n) is 14.7. The third-order valence-electron chi connectivity index (χ3n) is 5.10. The monoisotopic (exact) mass is 338 g/mol. The van der Waals surface area contributed by atoms with E-state index < -0.39 is 5.60 Å². The van der Waals surface area contributed by atoms with Gasteiger partial charge in [0, 0.05) is 6.54 Å². The first-order valence-electron chi connectivity index (χ1n) is 8.91. The normalized spacial score (nSPS) is 16.6. The highest BCUT2D eigenvalue weighted by Gasteiger charge is 2.39. The Bertz CT molecular complexity index is 640.